The van der Waals surface area contributed by atoms with Crippen LogP contribution in [0.4, 0.5) is 5.95 Å². The maximum absolute atomic E-state index is 12.4. The molecular formula is C15H17N5O3. The summed E-state index contributed by atoms with van der Waals surface area (Å²) in [4.78, 5) is 12.4. The number of methoxy groups -OCH3 is 1. The summed E-state index contributed by atoms with van der Waals surface area (Å²) in [7, 11) is 1.60. The van der Waals surface area contributed by atoms with Gasteiger partial charge in [-0.15, -0.1) is 0 Å². The molecule has 0 saturated carbocycles. The molecule has 0 aliphatic carbocycles. The number of benzene rings is 1. The number of nitrogens with zero attached hydrogens (tertiary/aromatic N) is 4. The van der Waals surface area contributed by atoms with Crippen LogP contribution in [0.25, 0.3) is 0 Å². The highest BCUT2D eigenvalue weighted by atomic mass is 16.5. The van der Waals surface area contributed by atoms with Gasteiger partial charge in [0.25, 0.3) is 0 Å². The highest BCUT2D eigenvalue weighted by Gasteiger charge is 2.34. The predicted octanol–water partition coefficient (Wildman–Crippen LogP) is 1.53. The largest absolute Gasteiger partial charge is 0.497 e. The van der Waals surface area contributed by atoms with Crippen molar-refractivity contribution in [1.29, 1.82) is 0 Å². The van der Waals surface area contributed by atoms with Crippen LogP contribution in [0.2, 0.25) is 0 Å². The number of hydrogen-bond donors (Lipinski definition) is 1. The van der Waals surface area contributed by atoms with Crippen LogP contribution in [0.15, 0.2) is 35.5 Å². The van der Waals surface area contributed by atoms with Crippen LogP contribution >= 0.6 is 0 Å². The lowest BCUT2D eigenvalue weighted by atomic mass is 9.96. The number of rotatable bonds is 4. The van der Waals surface area contributed by atoms with E-state index in [0.29, 0.717) is 23.8 Å². The molecule has 1 aliphatic heterocycles. The molecule has 2 aromatic rings. The second kappa shape index (κ2) is 6.07. The molecule has 0 unspecified atom stereocenters. The fraction of sp³-hybridized carbons (Fsp3) is 0.333. The predicted molar refractivity (Wildman–Crippen MR) is 81.9 cm³/mol. The van der Waals surface area contributed by atoms with Gasteiger partial charge in [-0.1, -0.05) is 17.2 Å². The summed E-state index contributed by atoms with van der Waals surface area (Å²) in [6.07, 6.45) is 0. The van der Waals surface area contributed by atoms with Crippen LogP contribution in [-0.2, 0) is 9.53 Å². The van der Waals surface area contributed by atoms with Gasteiger partial charge in [-0.05, 0) is 42.0 Å². The van der Waals surface area contributed by atoms with E-state index in [1.807, 2.05) is 24.3 Å². The Morgan fingerprint density at radius 3 is 2.74 bits per heavy atom. The van der Waals surface area contributed by atoms with Gasteiger partial charge in [-0.2, -0.15) is 4.68 Å². The first kappa shape index (κ1) is 15.0. The van der Waals surface area contributed by atoms with Crippen molar-refractivity contribution in [3.63, 3.8) is 0 Å². The van der Waals surface area contributed by atoms with Crippen LogP contribution in [0.1, 0.15) is 25.5 Å². The average molecular weight is 315 g/mol. The Morgan fingerprint density at radius 1 is 1.35 bits per heavy atom. The Labute approximate surface area is 133 Å². The van der Waals surface area contributed by atoms with Crippen molar-refractivity contribution in [2.75, 3.05) is 19.0 Å². The minimum Gasteiger partial charge on any atom is -0.497 e. The van der Waals surface area contributed by atoms with Gasteiger partial charge < -0.3 is 14.8 Å². The van der Waals surface area contributed by atoms with Gasteiger partial charge in [-0.3, -0.25) is 0 Å². The number of aromatic nitrogens is 4. The van der Waals surface area contributed by atoms with E-state index in [1.54, 1.807) is 25.6 Å². The Hall–Kier alpha value is -2.90. The van der Waals surface area contributed by atoms with E-state index in [2.05, 4.69) is 20.8 Å². The molecule has 0 amide bonds. The number of fused-ring (bicyclic) bond motifs is 1. The molecule has 120 valence electrons. The van der Waals surface area contributed by atoms with Crippen molar-refractivity contribution < 1.29 is 14.3 Å². The molecule has 23 heavy (non-hydrogen) atoms. The number of carbonyl (C=O) groups is 1. The zero-order valence-electron chi connectivity index (χ0n) is 13.1. The highest BCUT2D eigenvalue weighted by molar-refractivity contribution is 5.92. The summed E-state index contributed by atoms with van der Waals surface area (Å²) in [6, 6.07) is 6.98. The van der Waals surface area contributed by atoms with Crippen LogP contribution in [0.3, 0.4) is 0 Å². The van der Waals surface area contributed by atoms with Crippen molar-refractivity contribution in [2.45, 2.75) is 19.9 Å². The van der Waals surface area contributed by atoms with E-state index < -0.39 is 6.04 Å². The van der Waals surface area contributed by atoms with Crippen molar-refractivity contribution in [1.82, 2.24) is 20.2 Å². The monoisotopic (exact) mass is 315 g/mol. The number of nitrogens with one attached hydrogen (secondary N) is 1. The molecule has 0 fully saturated rings. The Balaban J connectivity index is 2.10. The van der Waals surface area contributed by atoms with E-state index in [0.717, 1.165) is 11.3 Å². The summed E-state index contributed by atoms with van der Waals surface area (Å²) in [5.41, 5.74) is 2.02. The standard InChI is InChI=1S/C15H17N5O3/c1-4-23-14(21)12-9(2)16-15-17-18-19-20(15)13(12)10-5-7-11(22-3)8-6-10/h5-8,13H,4H2,1-3H3,(H,16,17,19)/t13-/m0/s1. The van der Waals surface area contributed by atoms with Crippen LogP contribution in [-0.4, -0.2) is 39.9 Å². The quantitative estimate of drug-likeness (QED) is 0.855. The molecular weight excluding hydrogens is 298 g/mol. The molecule has 8 heteroatoms. The lowest BCUT2D eigenvalue weighted by molar-refractivity contribution is -0.139. The first-order valence-electron chi connectivity index (χ1n) is 7.22. The van der Waals surface area contributed by atoms with Gasteiger partial charge in [0.05, 0.1) is 19.3 Å². The third kappa shape index (κ3) is 2.63. The highest BCUT2D eigenvalue weighted by Crippen LogP contribution is 2.35. The van der Waals surface area contributed by atoms with Gasteiger partial charge in [0.15, 0.2) is 0 Å². The van der Waals surface area contributed by atoms with Gasteiger partial charge in [0.2, 0.25) is 5.95 Å². The first-order valence-corrected chi connectivity index (χ1v) is 7.22. The third-order valence-corrected chi connectivity index (χ3v) is 3.64. The Morgan fingerprint density at radius 2 is 2.09 bits per heavy atom. The van der Waals surface area contributed by atoms with E-state index in [9.17, 15) is 4.79 Å². The van der Waals surface area contributed by atoms with E-state index in [4.69, 9.17) is 9.47 Å². The molecule has 0 saturated heterocycles. The molecule has 8 nitrogen and oxygen atoms in total. The third-order valence-electron chi connectivity index (χ3n) is 3.64. The second-order valence-electron chi connectivity index (χ2n) is 5.01. The normalized spacial score (nSPS) is 16.6. The minimum absolute atomic E-state index is 0.299. The minimum atomic E-state index is -0.453. The Bertz CT molecular complexity index is 751. The molecule has 1 N–H and O–H groups in total. The van der Waals surface area contributed by atoms with Gasteiger partial charge >= 0.3 is 5.97 Å². The van der Waals surface area contributed by atoms with Crippen molar-refractivity contribution in [3.8, 4) is 5.75 Å². The van der Waals surface area contributed by atoms with Crippen LogP contribution in [0.5, 0.6) is 5.75 Å². The zero-order chi connectivity index (χ0) is 16.4. The van der Waals surface area contributed by atoms with E-state index >= 15 is 0 Å². The molecule has 1 atom stereocenters. The molecule has 0 bridgehead atoms. The molecule has 2 heterocycles. The van der Waals surface area contributed by atoms with Crippen LogP contribution < -0.4 is 10.1 Å². The summed E-state index contributed by atoms with van der Waals surface area (Å²) < 4.78 is 11.9. The van der Waals surface area contributed by atoms with E-state index in [1.165, 1.54) is 0 Å². The van der Waals surface area contributed by atoms with Crippen molar-refractivity contribution in [3.05, 3.63) is 41.1 Å². The van der Waals surface area contributed by atoms with Crippen molar-refractivity contribution in [2.24, 2.45) is 0 Å². The van der Waals surface area contributed by atoms with Gasteiger partial charge in [0.1, 0.15) is 11.8 Å². The summed E-state index contributed by atoms with van der Waals surface area (Å²) in [5, 5.41) is 14.7. The second-order valence-corrected chi connectivity index (χ2v) is 5.01. The zero-order valence-corrected chi connectivity index (χ0v) is 13.1. The lowest BCUT2D eigenvalue weighted by Crippen LogP contribution is -2.29. The van der Waals surface area contributed by atoms with Crippen LogP contribution in [0, 0.1) is 0 Å². The SMILES string of the molecule is CCOC(=O)C1=C(C)Nc2nnnn2[C@H]1c1ccc(OC)cc1. The lowest BCUT2D eigenvalue weighted by Gasteiger charge is -2.27. The molecule has 1 aromatic carbocycles. The summed E-state index contributed by atoms with van der Waals surface area (Å²) in [5.74, 6) is 0.828. The van der Waals surface area contributed by atoms with Gasteiger partial charge in [-0.25, -0.2) is 4.79 Å². The van der Waals surface area contributed by atoms with Crippen molar-refractivity contribution >= 4 is 11.9 Å². The maximum atomic E-state index is 12.4. The number of tetrazole rings is 1. The topological polar surface area (TPSA) is 91.2 Å². The summed E-state index contributed by atoms with van der Waals surface area (Å²) >= 11 is 0. The molecule has 1 aliphatic rings. The first-order chi connectivity index (χ1) is 11.2. The van der Waals surface area contributed by atoms with E-state index in [-0.39, 0.29) is 5.97 Å². The average Bonchev–Trinajstić information content (AvgIpc) is 3.01. The molecule has 0 spiro atoms. The fourth-order valence-corrected chi connectivity index (χ4v) is 2.58. The molecule has 3 rings (SSSR count). The molecule has 1 aromatic heterocycles. The number of carbonyl (C=O) groups excluding carboxylic acids is 1. The van der Waals surface area contributed by atoms with Gasteiger partial charge in [0, 0.05) is 5.70 Å². The summed E-state index contributed by atoms with van der Waals surface area (Å²) in [6.45, 7) is 3.88. The Kier molecular flexibility index (Phi) is 3.96. The fourth-order valence-electron chi connectivity index (χ4n) is 2.58. The number of esters is 1. The molecule has 0 radical (unpaired) electrons. The number of hydrogen-bond acceptors (Lipinski definition) is 7. The number of allylic oxidation sites excluding steroid dienone is 1. The number of anilines is 1. The number of ether oxygens (including phenoxy) is 2. The maximum Gasteiger partial charge on any atom is 0.338 e. The smallest absolute Gasteiger partial charge is 0.338 e.